The summed E-state index contributed by atoms with van der Waals surface area (Å²) in [5.41, 5.74) is 0. The second kappa shape index (κ2) is 3.15. The molecule has 0 bridgehead atoms. The van der Waals surface area contributed by atoms with Crippen molar-refractivity contribution in [2.45, 2.75) is 18.9 Å². The fourth-order valence-electron chi connectivity index (χ4n) is 1.01. The molecule has 3 heteroatoms. The number of likely N-dealkylation sites (tertiary alicyclic amines) is 1. The summed E-state index contributed by atoms with van der Waals surface area (Å²) in [6, 6.07) is 0. The Labute approximate surface area is 55.7 Å². The van der Waals surface area contributed by atoms with Gasteiger partial charge < -0.3 is 4.84 Å². The molecule has 0 unspecified atom stereocenters. The van der Waals surface area contributed by atoms with Crippen molar-refractivity contribution < 1.29 is 4.84 Å². The highest BCUT2D eigenvalue weighted by molar-refractivity contribution is 4.70. The van der Waals surface area contributed by atoms with Gasteiger partial charge >= 0.3 is 0 Å². The van der Waals surface area contributed by atoms with Gasteiger partial charge in [0.15, 0.2) is 0 Å². The van der Waals surface area contributed by atoms with Crippen LogP contribution in [0.3, 0.4) is 0 Å². The molecule has 0 spiro atoms. The van der Waals surface area contributed by atoms with Crippen LogP contribution < -0.4 is 5.90 Å². The van der Waals surface area contributed by atoms with Crippen LogP contribution in [-0.2, 0) is 4.84 Å². The molecular weight excluding hydrogens is 116 g/mol. The Balaban J connectivity index is 2.18. The molecule has 9 heavy (non-hydrogen) atoms. The van der Waals surface area contributed by atoms with E-state index in [1.807, 2.05) is 0 Å². The lowest BCUT2D eigenvalue weighted by Gasteiger charge is -2.26. The molecule has 52 valence electrons. The Kier molecular flexibility index (Phi) is 2.45. The highest BCUT2D eigenvalue weighted by Gasteiger charge is 2.15. The topological polar surface area (TPSA) is 38.5 Å². The normalized spacial score (nSPS) is 24.7. The van der Waals surface area contributed by atoms with E-state index in [0.29, 0.717) is 0 Å². The van der Waals surface area contributed by atoms with Gasteiger partial charge in [-0.3, -0.25) is 4.90 Å². The highest BCUT2D eigenvalue weighted by Crippen LogP contribution is 2.09. The van der Waals surface area contributed by atoms with Crippen molar-refractivity contribution in [3.05, 3.63) is 7.05 Å². The Morgan fingerprint density at radius 3 is 2.44 bits per heavy atom. The maximum absolute atomic E-state index is 5.49. The lowest BCUT2D eigenvalue weighted by molar-refractivity contribution is 0.0147. The minimum Gasteiger partial charge on any atom is -0.301 e. The van der Waals surface area contributed by atoms with Crippen molar-refractivity contribution in [2.24, 2.45) is 5.90 Å². The number of rotatable bonds is 1. The van der Waals surface area contributed by atoms with Crippen LogP contribution in [0.4, 0.5) is 0 Å². The zero-order valence-corrected chi connectivity index (χ0v) is 5.42. The van der Waals surface area contributed by atoms with Gasteiger partial charge in [0.25, 0.3) is 0 Å². The number of hydrogen-bond acceptors (Lipinski definition) is 3. The summed E-state index contributed by atoms with van der Waals surface area (Å²) in [6.45, 7) is 1.78. The molecule has 1 fully saturated rings. The van der Waals surface area contributed by atoms with Crippen LogP contribution in [0.2, 0.25) is 0 Å². The van der Waals surface area contributed by atoms with E-state index < -0.39 is 0 Å². The van der Waals surface area contributed by atoms with Gasteiger partial charge in [-0.15, -0.1) is 0 Å². The predicted octanol–water partition coefficient (Wildman–Crippen LogP) is 0.00969. The molecule has 1 aliphatic rings. The minimum absolute atomic E-state index is 0.227. The zero-order valence-electron chi connectivity index (χ0n) is 5.42. The summed E-state index contributed by atoms with van der Waals surface area (Å²) in [5, 5.41) is 0. The average Bonchev–Trinajstić information content (AvgIpc) is 1.90. The van der Waals surface area contributed by atoms with Gasteiger partial charge in [0.1, 0.15) is 0 Å². The van der Waals surface area contributed by atoms with Crippen molar-refractivity contribution in [3.8, 4) is 0 Å². The number of hydrogen-bond donors (Lipinski definition) is 1. The molecule has 0 aromatic carbocycles. The number of nitrogens with zero attached hydrogens (tertiary/aromatic N) is 1. The van der Waals surface area contributed by atoms with Gasteiger partial charge in [-0.1, -0.05) is 0 Å². The predicted molar refractivity (Wildman–Crippen MR) is 34.2 cm³/mol. The fourth-order valence-corrected chi connectivity index (χ4v) is 1.01. The van der Waals surface area contributed by atoms with Crippen molar-refractivity contribution >= 4 is 0 Å². The van der Waals surface area contributed by atoms with Crippen LogP contribution >= 0.6 is 0 Å². The lowest BCUT2D eigenvalue weighted by atomic mass is 10.1. The van der Waals surface area contributed by atoms with Crippen molar-refractivity contribution in [1.82, 2.24) is 4.90 Å². The van der Waals surface area contributed by atoms with Crippen LogP contribution in [0.25, 0.3) is 0 Å². The fraction of sp³-hybridized carbons (Fsp3) is 0.833. The van der Waals surface area contributed by atoms with Crippen LogP contribution in [0.5, 0.6) is 0 Å². The van der Waals surface area contributed by atoms with E-state index in [2.05, 4.69) is 4.84 Å². The molecule has 0 aliphatic carbocycles. The standard InChI is InChI=1S/C6H12N2O/c1-8-4-2-6(9-7)3-5-8/h1,6H,2-5,7H2. The van der Waals surface area contributed by atoms with E-state index in [0.717, 1.165) is 25.9 Å². The second-order valence-corrected chi connectivity index (χ2v) is 2.37. The summed E-state index contributed by atoms with van der Waals surface area (Å²) in [6.07, 6.45) is 2.13. The van der Waals surface area contributed by atoms with E-state index in [4.69, 9.17) is 12.9 Å². The van der Waals surface area contributed by atoms with Gasteiger partial charge in [0.2, 0.25) is 0 Å². The first-order valence-electron chi connectivity index (χ1n) is 3.18. The van der Waals surface area contributed by atoms with E-state index in [9.17, 15) is 0 Å². The number of nitrogens with two attached hydrogens (primary N) is 1. The zero-order chi connectivity index (χ0) is 6.69. The molecule has 3 nitrogen and oxygen atoms in total. The SMILES string of the molecule is [CH]N1CCC(ON)CC1. The summed E-state index contributed by atoms with van der Waals surface area (Å²) in [5.74, 6) is 4.99. The molecular formula is C6H12N2O. The average molecular weight is 128 g/mol. The first-order chi connectivity index (χ1) is 4.33. The van der Waals surface area contributed by atoms with Gasteiger partial charge in [-0.05, 0) is 12.8 Å². The van der Waals surface area contributed by atoms with Crippen LogP contribution in [0.1, 0.15) is 12.8 Å². The Hall–Kier alpha value is -0.120. The second-order valence-electron chi connectivity index (χ2n) is 2.37. The molecule has 1 rings (SSSR count). The molecule has 0 aromatic heterocycles. The van der Waals surface area contributed by atoms with Gasteiger partial charge in [-0.2, -0.15) is 0 Å². The van der Waals surface area contributed by atoms with Crippen LogP contribution in [0.15, 0.2) is 0 Å². The summed E-state index contributed by atoms with van der Waals surface area (Å²) in [4.78, 5) is 6.44. The monoisotopic (exact) mass is 128 g/mol. The van der Waals surface area contributed by atoms with E-state index in [-0.39, 0.29) is 6.10 Å². The van der Waals surface area contributed by atoms with Crippen LogP contribution in [-0.4, -0.2) is 24.1 Å². The molecule has 0 atom stereocenters. The molecule has 2 radical (unpaired) electrons. The first-order valence-corrected chi connectivity index (χ1v) is 3.18. The lowest BCUT2D eigenvalue weighted by Crippen LogP contribution is -2.34. The van der Waals surface area contributed by atoms with Crippen LogP contribution in [0, 0.1) is 7.05 Å². The van der Waals surface area contributed by atoms with Gasteiger partial charge in [0.05, 0.1) is 6.10 Å². The molecule has 2 N–H and O–H groups in total. The third-order valence-electron chi connectivity index (χ3n) is 1.67. The van der Waals surface area contributed by atoms with Crippen molar-refractivity contribution in [2.75, 3.05) is 13.1 Å². The molecule has 0 aromatic rings. The third-order valence-corrected chi connectivity index (χ3v) is 1.67. The molecule has 1 aliphatic heterocycles. The van der Waals surface area contributed by atoms with E-state index in [1.165, 1.54) is 0 Å². The molecule has 1 heterocycles. The first kappa shape index (κ1) is 6.99. The Bertz CT molecular complexity index is 79.1. The molecule has 1 saturated heterocycles. The molecule has 0 amide bonds. The van der Waals surface area contributed by atoms with E-state index >= 15 is 0 Å². The maximum Gasteiger partial charge on any atom is 0.0811 e. The Morgan fingerprint density at radius 1 is 1.44 bits per heavy atom. The smallest absolute Gasteiger partial charge is 0.0811 e. The van der Waals surface area contributed by atoms with Crippen molar-refractivity contribution in [1.29, 1.82) is 0 Å². The highest BCUT2D eigenvalue weighted by atomic mass is 16.6. The van der Waals surface area contributed by atoms with E-state index in [1.54, 1.807) is 4.90 Å². The largest absolute Gasteiger partial charge is 0.301 e. The third kappa shape index (κ3) is 1.93. The molecule has 0 saturated carbocycles. The van der Waals surface area contributed by atoms with Crippen molar-refractivity contribution in [3.63, 3.8) is 0 Å². The summed E-state index contributed by atoms with van der Waals surface area (Å²) in [7, 11) is 5.49. The summed E-state index contributed by atoms with van der Waals surface area (Å²) >= 11 is 0. The minimum atomic E-state index is 0.227. The Morgan fingerprint density at radius 2 is 2.00 bits per heavy atom. The van der Waals surface area contributed by atoms with Gasteiger partial charge in [0, 0.05) is 20.1 Å². The number of piperidine rings is 1. The quantitative estimate of drug-likeness (QED) is 0.505. The maximum atomic E-state index is 5.49. The summed E-state index contributed by atoms with van der Waals surface area (Å²) < 4.78 is 0. The van der Waals surface area contributed by atoms with Gasteiger partial charge in [-0.25, -0.2) is 5.90 Å².